The number of aryl methyl sites for hydroxylation is 1. The van der Waals surface area contributed by atoms with E-state index in [0.29, 0.717) is 0 Å². The molecular formula is C19H23N7. The van der Waals surface area contributed by atoms with Crippen molar-refractivity contribution in [2.24, 2.45) is 0 Å². The molecule has 0 unspecified atom stereocenters. The van der Waals surface area contributed by atoms with Gasteiger partial charge in [0.1, 0.15) is 11.6 Å². The summed E-state index contributed by atoms with van der Waals surface area (Å²) < 4.78 is 0. The molecule has 0 amide bonds. The lowest BCUT2D eigenvalue weighted by Gasteiger charge is -2.35. The highest BCUT2D eigenvalue weighted by Gasteiger charge is 2.21. The van der Waals surface area contributed by atoms with Gasteiger partial charge in [0, 0.05) is 44.5 Å². The summed E-state index contributed by atoms with van der Waals surface area (Å²) in [5.74, 6) is 2.62. The van der Waals surface area contributed by atoms with Crippen LogP contribution in [0.25, 0.3) is 11.0 Å². The Kier molecular flexibility index (Phi) is 4.51. The normalized spacial score (nSPS) is 14.7. The van der Waals surface area contributed by atoms with Gasteiger partial charge in [-0.2, -0.15) is 4.98 Å². The Morgan fingerprint density at radius 1 is 0.962 bits per heavy atom. The molecule has 0 bridgehead atoms. The van der Waals surface area contributed by atoms with Gasteiger partial charge in [0.2, 0.25) is 5.95 Å². The van der Waals surface area contributed by atoms with Crippen molar-refractivity contribution >= 4 is 28.6 Å². The monoisotopic (exact) mass is 349 g/mol. The first-order valence-corrected chi connectivity index (χ1v) is 9.04. The van der Waals surface area contributed by atoms with E-state index in [2.05, 4.69) is 37.0 Å². The molecule has 3 aromatic rings. The van der Waals surface area contributed by atoms with Crippen LogP contribution in [0.3, 0.4) is 0 Å². The molecule has 0 aliphatic carbocycles. The number of hydrogen-bond acceptors (Lipinski definition) is 7. The molecule has 1 N–H and O–H groups in total. The van der Waals surface area contributed by atoms with Crippen molar-refractivity contribution in [2.45, 2.75) is 13.8 Å². The average molecular weight is 349 g/mol. The lowest BCUT2D eigenvalue weighted by Crippen LogP contribution is -2.47. The summed E-state index contributed by atoms with van der Waals surface area (Å²) >= 11 is 0. The summed E-state index contributed by atoms with van der Waals surface area (Å²) in [5.41, 5.74) is 2.84. The first kappa shape index (κ1) is 16.5. The van der Waals surface area contributed by atoms with Crippen LogP contribution >= 0.6 is 0 Å². The maximum absolute atomic E-state index is 4.75. The molecule has 1 aromatic carbocycles. The Bertz CT molecular complexity index is 903. The second-order valence-electron chi connectivity index (χ2n) is 6.42. The number of anilines is 3. The van der Waals surface area contributed by atoms with Crippen LogP contribution in [0.15, 0.2) is 36.5 Å². The van der Waals surface area contributed by atoms with Gasteiger partial charge in [0.25, 0.3) is 0 Å². The summed E-state index contributed by atoms with van der Waals surface area (Å²) in [5, 5.41) is 3.27. The zero-order chi connectivity index (χ0) is 17.9. The van der Waals surface area contributed by atoms with Gasteiger partial charge < -0.3 is 15.1 Å². The number of rotatable bonds is 4. The van der Waals surface area contributed by atoms with E-state index in [-0.39, 0.29) is 0 Å². The van der Waals surface area contributed by atoms with Crippen LogP contribution in [-0.4, -0.2) is 52.7 Å². The van der Waals surface area contributed by atoms with E-state index >= 15 is 0 Å². The number of fused-ring (bicyclic) bond motifs is 1. The van der Waals surface area contributed by atoms with Crippen LogP contribution in [0.4, 0.5) is 17.6 Å². The molecule has 134 valence electrons. The van der Waals surface area contributed by atoms with Crippen LogP contribution in [-0.2, 0) is 0 Å². The van der Waals surface area contributed by atoms with Crippen molar-refractivity contribution < 1.29 is 0 Å². The van der Waals surface area contributed by atoms with Gasteiger partial charge in [-0.05, 0) is 26.0 Å². The predicted octanol–water partition coefficient (Wildman–Crippen LogP) is 2.49. The van der Waals surface area contributed by atoms with Gasteiger partial charge >= 0.3 is 0 Å². The van der Waals surface area contributed by atoms with Crippen LogP contribution in [0.5, 0.6) is 0 Å². The number of para-hydroxylation sites is 2. The summed E-state index contributed by atoms with van der Waals surface area (Å²) in [7, 11) is 0. The molecular weight excluding hydrogens is 326 g/mol. The van der Waals surface area contributed by atoms with Crippen LogP contribution in [0.2, 0.25) is 0 Å². The minimum atomic E-state index is 0.796. The zero-order valence-electron chi connectivity index (χ0n) is 15.2. The number of nitrogens with one attached hydrogen (secondary N) is 1. The first-order valence-electron chi connectivity index (χ1n) is 9.04. The Balaban J connectivity index is 1.48. The van der Waals surface area contributed by atoms with Crippen molar-refractivity contribution in [3.05, 3.63) is 42.2 Å². The number of hydrogen-bond donors (Lipinski definition) is 1. The largest absolute Gasteiger partial charge is 0.370 e. The van der Waals surface area contributed by atoms with Crippen LogP contribution in [0, 0.1) is 6.92 Å². The van der Waals surface area contributed by atoms with E-state index in [4.69, 9.17) is 4.98 Å². The fourth-order valence-corrected chi connectivity index (χ4v) is 3.20. The van der Waals surface area contributed by atoms with E-state index in [9.17, 15) is 0 Å². The molecule has 1 fully saturated rings. The molecule has 3 heterocycles. The SMILES string of the molecule is CCNc1cc(C)nc(N2CCN(c3cnc4ccccc4n3)CC2)n1. The van der Waals surface area contributed by atoms with Crippen molar-refractivity contribution in [3.63, 3.8) is 0 Å². The third-order valence-corrected chi connectivity index (χ3v) is 4.52. The fourth-order valence-electron chi connectivity index (χ4n) is 3.20. The van der Waals surface area contributed by atoms with E-state index in [0.717, 1.165) is 67.0 Å². The van der Waals surface area contributed by atoms with Crippen molar-refractivity contribution in [1.82, 2.24) is 19.9 Å². The Labute approximate surface area is 153 Å². The Morgan fingerprint density at radius 2 is 1.69 bits per heavy atom. The molecule has 0 saturated carbocycles. The second kappa shape index (κ2) is 7.11. The molecule has 1 saturated heterocycles. The molecule has 1 aliphatic rings. The molecule has 1 aliphatic heterocycles. The van der Waals surface area contributed by atoms with Gasteiger partial charge in [-0.25, -0.2) is 9.97 Å². The van der Waals surface area contributed by atoms with Gasteiger partial charge in [-0.1, -0.05) is 12.1 Å². The maximum atomic E-state index is 4.75. The summed E-state index contributed by atoms with van der Waals surface area (Å²) in [6.07, 6.45) is 1.87. The summed E-state index contributed by atoms with van der Waals surface area (Å²) in [6.45, 7) is 8.41. The molecule has 0 atom stereocenters. The van der Waals surface area contributed by atoms with Gasteiger partial charge in [-0.15, -0.1) is 0 Å². The molecule has 7 heteroatoms. The van der Waals surface area contributed by atoms with Gasteiger partial charge in [0.15, 0.2) is 0 Å². The molecule has 26 heavy (non-hydrogen) atoms. The quantitative estimate of drug-likeness (QED) is 0.776. The number of benzene rings is 1. The van der Waals surface area contributed by atoms with Crippen molar-refractivity contribution in [3.8, 4) is 0 Å². The van der Waals surface area contributed by atoms with Crippen molar-refractivity contribution in [1.29, 1.82) is 0 Å². The minimum absolute atomic E-state index is 0.796. The van der Waals surface area contributed by atoms with Crippen LogP contribution in [0.1, 0.15) is 12.6 Å². The highest BCUT2D eigenvalue weighted by Crippen LogP contribution is 2.20. The standard InChI is InChI=1S/C19H23N7/c1-3-20-17-12-14(2)22-19(24-17)26-10-8-25(9-11-26)18-13-21-15-6-4-5-7-16(15)23-18/h4-7,12-13H,3,8-11H2,1-2H3,(H,20,22,24). The smallest absolute Gasteiger partial charge is 0.227 e. The number of aromatic nitrogens is 4. The summed E-state index contributed by atoms with van der Waals surface area (Å²) in [4.78, 5) is 23.0. The average Bonchev–Trinajstić information content (AvgIpc) is 2.67. The fraction of sp³-hybridized carbons (Fsp3) is 0.368. The first-order chi connectivity index (χ1) is 12.7. The maximum Gasteiger partial charge on any atom is 0.227 e. The molecule has 0 spiro atoms. The van der Waals surface area contributed by atoms with E-state index in [1.54, 1.807) is 0 Å². The van der Waals surface area contributed by atoms with Gasteiger partial charge in [0.05, 0.1) is 17.2 Å². The lowest BCUT2D eigenvalue weighted by molar-refractivity contribution is 0.634. The molecule has 7 nitrogen and oxygen atoms in total. The topological polar surface area (TPSA) is 70.1 Å². The Morgan fingerprint density at radius 3 is 2.46 bits per heavy atom. The summed E-state index contributed by atoms with van der Waals surface area (Å²) in [6, 6.07) is 9.95. The second-order valence-corrected chi connectivity index (χ2v) is 6.42. The zero-order valence-corrected chi connectivity index (χ0v) is 15.2. The van der Waals surface area contributed by atoms with Crippen molar-refractivity contribution in [2.75, 3.05) is 47.8 Å². The van der Waals surface area contributed by atoms with Gasteiger partial charge in [-0.3, -0.25) is 4.98 Å². The van der Waals surface area contributed by atoms with Crippen LogP contribution < -0.4 is 15.1 Å². The highest BCUT2D eigenvalue weighted by atomic mass is 15.3. The van der Waals surface area contributed by atoms with E-state index in [1.165, 1.54) is 0 Å². The third-order valence-electron chi connectivity index (χ3n) is 4.52. The number of nitrogens with zero attached hydrogens (tertiary/aromatic N) is 6. The minimum Gasteiger partial charge on any atom is -0.370 e. The third kappa shape index (κ3) is 3.37. The Hall–Kier alpha value is -2.96. The highest BCUT2D eigenvalue weighted by molar-refractivity contribution is 5.75. The molecule has 0 radical (unpaired) electrons. The van der Waals surface area contributed by atoms with E-state index in [1.807, 2.05) is 43.5 Å². The predicted molar refractivity (Wildman–Crippen MR) is 105 cm³/mol. The lowest BCUT2D eigenvalue weighted by atomic mass is 10.3. The van der Waals surface area contributed by atoms with E-state index < -0.39 is 0 Å². The number of piperazine rings is 1. The molecule has 4 rings (SSSR count). The molecule has 2 aromatic heterocycles.